The zero-order valence-electron chi connectivity index (χ0n) is 6.04. The van der Waals surface area contributed by atoms with E-state index in [0.717, 1.165) is 0 Å². The molecule has 0 unspecified atom stereocenters. The van der Waals surface area contributed by atoms with Gasteiger partial charge in [-0.3, -0.25) is 0 Å². The Balaban J connectivity index is 0.00000144. The van der Waals surface area contributed by atoms with Crippen LogP contribution >= 0.6 is 11.6 Å². The standard InChI is InChI=1S/C9H4ClNO.K.H/c10-9-3-1-2-7(4-9)8(5-11)6-12;;/h1-4H;;. The fourth-order valence-corrected chi connectivity index (χ4v) is 0.981. The molecule has 0 atom stereocenters. The first-order valence-electron chi connectivity index (χ1n) is 3.19. The fraction of sp³-hybridized carbons (Fsp3) is 0. The second kappa shape index (κ2) is 6.53. The summed E-state index contributed by atoms with van der Waals surface area (Å²) < 4.78 is 0. The van der Waals surface area contributed by atoms with E-state index >= 15 is 0 Å². The monoisotopic (exact) mass is 217 g/mol. The number of hydrogen-bond donors (Lipinski definition) is 0. The maximum atomic E-state index is 10.2. The van der Waals surface area contributed by atoms with Crippen molar-refractivity contribution < 1.29 is 4.79 Å². The Kier molecular flexibility index (Phi) is 6.57. The molecule has 0 aliphatic heterocycles. The van der Waals surface area contributed by atoms with Gasteiger partial charge in [0.25, 0.3) is 0 Å². The molecular formula is C9H5ClKNO. The van der Waals surface area contributed by atoms with Crippen molar-refractivity contribution in [3.63, 3.8) is 0 Å². The van der Waals surface area contributed by atoms with Crippen LogP contribution in [0.25, 0.3) is 5.57 Å². The van der Waals surface area contributed by atoms with Crippen LogP contribution in [0.4, 0.5) is 0 Å². The predicted octanol–water partition coefficient (Wildman–Crippen LogP) is 1.43. The maximum absolute atomic E-state index is 10.2. The van der Waals surface area contributed by atoms with Gasteiger partial charge in [-0.2, -0.15) is 5.26 Å². The van der Waals surface area contributed by atoms with Crippen LogP contribution in [0.3, 0.4) is 0 Å². The summed E-state index contributed by atoms with van der Waals surface area (Å²) >= 11 is 5.65. The molecule has 0 aliphatic rings. The third-order valence-electron chi connectivity index (χ3n) is 1.33. The molecule has 1 rings (SSSR count). The van der Waals surface area contributed by atoms with Crippen LogP contribution in [0.2, 0.25) is 5.02 Å². The summed E-state index contributed by atoms with van der Waals surface area (Å²) in [4.78, 5) is 10.2. The number of halogens is 1. The Hall–Kier alpha value is 0.0864. The number of allylic oxidation sites excluding steroid dienone is 1. The summed E-state index contributed by atoms with van der Waals surface area (Å²) in [5.74, 6) is 1.54. The van der Waals surface area contributed by atoms with E-state index in [4.69, 9.17) is 16.9 Å². The molecule has 0 aliphatic carbocycles. The van der Waals surface area contributed by atoms with Gasteiger partial charge in [-0.25, -0.2) is 4.79 Å². The van der Waals surface area contributed by atoms with Crippen LogP contribution in [0.5, 0.6) is 0 Å². The molecule has 0 saturated heterocycles. The molecule has 0 spiro atoms. The normalized spacial score (nSPS) is 7.69. The molecule has 60 valence electrons. The zero-order valence-corrected chi connectivity index (χ0v) is 6.80. The Morgan fingerprint density at radius 3 is 2.62 bits per heavy atom. The molecule has 0 heterocycles. The molecule has 1 aromatic carbocycles. The second-order valence-corrected chi connectivity index (χ2v) is 2.54. The minimum absolute atomic E-state index is 0. The summed E-state index contributed by atoms with van der Waals surface area (Å²) in [6.07, 6.45) is 0. The Morgan fingerprint density at radius 2 is 2.15 bits per heavy atom. The predicted molar refractivity (Wildman–Crippen MR) is 53.3 cm³/mol. The number of nitriles is 1. The van der Waals surface area contributed by atoms with Crippen molar-refractivity contribution in [3.05, 3.63) is 34.9 Å². The van der Waals surface area contributed by atoms with Gasteiger partial charge in [-0.15, -0.1) is 0 Å². The van der Waals surface area contributed by atoms with Crippen LogP contribution in [-0.2, 0) is 4.79 Å². The summed E-state index contributed by atoms with van der Waals surface area (Å²) in [5, 5.41) is 8.97. The third-order valence-corrected chi connectivity index (χ3v) is 1.56. The van der Waals surface area contributed by atoms with Gasteiger partial charge in [0.05, 0.1) is 0 Å². The SMILES string of the molecule is N#CC(=C=O)c1cccc(Cl)c1.[KH]. The van der Waals surface area contributed by atoms with E-state index in [-0.39, 0.29) is 57.0 Å². The topological polar surface area (TPSA) is 40.9 Å². The van der Waals surface area contributed by atoms with E-state index in [2.05, 4.69) is 0 Å². The number of nitrogens with zero attached hydrogens (tertiary/aromatic N) is 1. The van der Waals surface area contributed by atoms with Crippen LogP contribution in [0.15, 0.2) is 24.3 Å². The molecule has 4 heteroatoms. The molecule has 0 amide bonds. The molecule has 0 saturated carbocycles. The molecule has 0 aromatic heterocycles. The van der Waals surface area contributed by atoms with Crippen LogP contribution in [-0.4, -0.2) is 57.3 Å². The Labute approximate surface area is 124 Å². The van der Waals surface area contributed by atoms with Crippen molar-refractivity contribution in [1.82, 2.24) is 0 Å². The molecule has 0 N–H and O–H groups in total. The molecule has 0 fully saturated rings. The average molecular weight is 218 g/mol. The van der Waals surface area contributed by atoms with Crippen molar-refractivity contribution >= 4 is 74.5 Å². The molecule has 0 bridgehead atoms. The van der Waals surface area contributed by atoms with Gasteiger partial charge in [-0.1, -0.05) is 23.7 Å². The Morgan fingerprint density at radius 1 is 1.46 bits per heavy atom. The van der Waals surface area contributed by atoms with Gasteiger partial charge in [-0.05, 0) is 12.1 Å². The summed E-state index contributed by atoms with van der Waals surface area (Å²) in [5.41, 5.74) is 0.470. The minimum atomic E-state index is -0.0301. The van der Waals surface area contributed by atoms with Crippen molar-refractivity contribution in [2.45, 2.75) is 0 Å². The van der Waals surface area contributed by atoms with E-state index in [1.807, 2.05) is 0 Å². The van der Waals surface area contributed by atoms with Gasteiger partial charge in [0.2, 0.25) is 0 Å². The summed E-state index contributed by atoms with van der Waals surface area (Å²) in [6.45, 7) is 0. The van der Waals surface area contributed by atoms with Crippen LogP contribution < -0.4 is 0 Å². The van der Waals surface area contributed by atoms with Gasteiger partial charge >= 0.3 is 51.4 Å². The Bertz CT molecular complexity index is 391. The summed E-state index contributed by atoms with van der Waals surface area (Å²) in [7, 11) is 0. The number of rotatable bonds is 1. The van der Waals surface area contributed by atoms with Crippen molar-refractivity contribution in [1.29, 1.82) is 5.26 Å². The zero-order chi connectivity index (χ0) is 8.97. The first-order chi connectivity index (χ1) is 5.77. The van der Waals surface area contributed by atoms with E-state index in [1.54, 1.807) is 36.3 Å². The van der Waals surface area contributed by atoms with Crippen LogP contribution in [0.1, 0.15) is 5.56 Å². The third kappa shape index (κ3) is 3.76. The number of benzene rings is 1. The van der Waals surface area contributed by atoms with Crippen molar-refractivity contribution in [2.75, 3.05) is 0 Å². The fourth-order valence-electron chi connectivity index (χ4n) is 0.790. The molecule has 0 radical (unpaired) electrons. The summed E-state index contributed by atoms with van der Waals surface area (Å²) in [6, 6.07) is 8.25. The first-order valence-corrected chi connectivity index (χ1v) is 3.57. The second-order valence-electron chi connectivity index (χ2n) is 2.10. The number of carbonyl (C=O) groups excluding carboxylic acids is 1. The van der Waals surface area contributed by atoms with Gasteiger partial charge < -0.3 is 0 Å². The number of hydrogen-bond acceptors (Lipinski definition) is 2. The average Bonchev–Trinajstić information content (AvgIpc) is 2.07. The first kappa shape index (κ1) is 13.1. The van der Waals surface area contributed by atoms with E-state index in [0.29, 0.717) is 10.6 Å². The van der Waals surface area contributed by atoms with Gasteiger partial charge in [0, 0.05) is 10.6 Å². The van der Waals surface area contributed by atoms with Crippen LogP contribution in [0, 0.1) is 11.3 Å². The molecule has 13 heavy (non-hydrogen) atoms. The van der Waals surface area contributed by atoms with E-state index in [1.165, 1.54) is 0 Å². The molecule has 1 aromatic rings. The van der Waals surface area contributed by atoms with Crippen molar-refractivity contribution in [3.8, 4) is 6.07 Å². The van der Waals surface area contributed by atoms with Crippen molar-refractivity contribution in [2.24, 2.45) is 0 Å². The van der Waals surface area contributed by atoms with Gasteiger partial charge in [0.1, 0.15) is 17.6 Å². The van der Waals surface area contributed by atoms with Gasteiger partial charge in [0.15, 0.2) is 0 Å². The molecule has 2 nitrogen and oxygen atoms in total. The molecular weight excluding hydrogens is 213 g/mol. The van der Waals surface area contributed by atoms with E-state index < -0.39 is 0 Å². The quantitative estimate of drug-likeness (QED) is 0.406. The van der Waals surface area contributed by atoms with E-state index in [9.17, 15) is 4.79 Å².